The Morgan fingerprint density at radius 3 is 2.95 bits per heavy atom. The van der Waals surface area contributed by atoms with Crippen molar-refractivity contribution in [3.8, 4) is 0 Å². The number of carbonyl (C=O) groups is 1. The van der Waals surface area contributed by atoms with Crippen molar-refractivity contribution in [2.75, 3.05) is 19.0 Å². The van der Waals surface area contributed by atoms with Crippen molar-refractivity contribution in [3.05, 3.63) is 17.5 Å². The summed E-state index contributed by atoms with van der Waals surface area (Å²) in [6.45, 7) is 2.74. The first-order valence-corrected chi connectivity index (χ1v) is 5.69. The number of hydrogen-bond donors (Lipinski definition) is 1. The molecule has 19 heavy (non-hydrogen) atoms. The standard InChI is InChI=1S/C10H15N7O2/c1-7-6-8(16(2)13-7)9(18)11-10-12-14-15-17(10)4-5-19-3/h6H,4-5H2,1-3H3,(H,11,12,15,18). The number of methoxy groups -OCH3 is 1. The van der Waals surface area contributed by atoms with Crippen LogP contribution in [0.15, 0.2) is 6.07 Å². The normalized spacial score (nSPS) is 10.7. The van der Waals surface area contributed by atoms with Crippen molar-refractivity contribution in [1.82, 2.24) is 30.0 Å². The zero-order valence-corrected chi connectivity index (χ0v) is 11.0. The SMILES string of the molecule is COCCn1nnnc1NC(=O)c1cc(C)nn1C. The van der Waals surface area contributed by atoms with E-state index in [-0.39, 0.29) is 11.9 Å². The second-order valence-corrected chi connectivity index (χ2v) is 3.97. The third-order valence-electron chi connectivity index (χ3n) is 2.50. The van der Waals surface area contributed by atoms with Crippen molar-refractivity contribution < 1.29 is 9.53 Å². The fourth-order valence-electron chi connectivity index (χ4n) is 1.61. The highest BCUT2D eigenvalue weighted by Gasteiger charge is 2.15. The highest BCUT2D eigenvalue weighted by atomic mass is 16.5. The Hall–Kier alpha value is -2.29. The van der Waals surface area contributed by atoms with Gasteiger partial charge in [-0.15, -0.1) is 0 Å². The average Bonchev–Trinajstić information content (AvgIpc) is 2.93. The van der Waals surface area contributed by atoms with Gasteiger partial charge in [0.25, 0.3) is 5.91 Å². The highest BCUT2D eigenvalue weighted by molar-refractivity contribution is 6.02. The first-order chi connectivity index (χ1) is 9.11. The van der Waals surface area contributed by atoms with E-state index in [2.05, 4.69) is 25.9 Å². The zero-order chi connectivity index (χ0) is 13.8. The molecular weight excluding hydrogens is 250 g/mol. The van der Waals surface area contributed by atoms with E-state index in [0.717, 1.165) is 5.69 Å². The lowest BCUT2D eigenvalue weighted by atomic mass is 10.3. The second kappa shape index (κ2) is 5.57. The molecule has 0 aromatic carbocycles. The van der Waals surface area contributed by atoms with E-state index in [0.29, 0.717) is 18.8 Å². The van der Waals surface area contributed by atoms with E-state index in [4.69, 9.17) is 4.74 Å². The molecule has 0 spiro atoms. The number of rotatable bonds is 5. The molecule has 2 aromatic rings. The quantitative estimate of drug-likeness (QED) is 0.790. The Labute approximate surface area is 109 Å². The average molecular weight is 265 g/mol. The van der Waals surface area contributed by atoms with E-state index >= 15 is 0 Å². The minimum Gasteiger partial charge on any atom is -0.383 e. The van der Waals surface area contributed by atoms with E-state index < -0.39 is 0 Å². The molecule has 0 saturated heterocycles. The van der Waals surface area contributed by atoms with Crippen LogP contribution in [-0.4, -0.2) is 49.6 Å². The fourth-order valence-corrected chi connectivity index (χ4v) is 1.61. The van der Waals surface area contributed by atoms with Crippen LogP contribution < -0.4 is 5.32 Å². The summed E-state index contributed by atoms with van der Waals surface area (Å²) in [5.74, 6) is -0.0301. The molecule has 2 rings (SSSR count). The van der Waals surface area contributed by atoms with Crippen molar-refractivity contribution in [2.45, 2.75) is 13.5 Å². The molecule has 1 amide bonds. The van der Waals surface area contributed by atoms with Crippen LogP contribution in [0.1, 0.15) is 16.2 Å². The Balaban J connectivity index is 2.11. The summed E-state index contributed by atoms with van der Waals surface area (Å²) in [5, 5.41) is 17.8. The molecule has 0 atom stereocenters. The maximum atomic E-state index is 12.1. The van der Waals surface area contributed by atoms with E-state index in [1.165, 1.54) is 9.36 Å². The molecule has 0 aliphatic heterocycles. The number of carbonyl (C=O) groups excluding carboxylic acids is 1. The lowest BCUT2D eigenvalue weighted by molar-refractivity contribution is 0.101. The summed E-state index contributed by atoms with van der Waals surface area (Å²) >= 11 is 0. The van der Waals surface area contributed by atoms with Crippen LogP contribution in [0.4, 0.5) is 5.95 Å². The van der Waals surface area contributed by atoms with Gasteiger partial charge in [0.2, 0.25) is 5.95 Å². The Morgan fingerprint density at radius 1 is 1.53 bits per heavy atom. The van der Waals surface area contributed by atoms with Gasteiger partial charge >= 0.3 is 0 Å². The molecule has 0 radical (unpaired) electrons. The molecule has 9 heteroatoms. The minimum absolute atomic E-state index is 0.279. The van der Waals surface area contributed by atoms with Crippen LogP contribution in [0.25, 0.3) is 0 Å². The maximum Gasteiger partial charge on any atom is 0.276 e. The molecule has 102 valence electrons. The predicted octanol–water partition coefficient (Wildman–Crippen LogP) is -0.386. The number of anilines is 1. The van der Waals surface area contributed by atoms with Crippen LogP contribution in [0, 0.1) is 6.92 Å². The van der Waals surface area contributed by atoms with Gasteiger partial charge in [0, 0.05) is 14.2 Å². The molecule has 0 aliphatic carbocycles. The lowest BCUT2D eigenvalue weighted by Crippen LogP contribution is -2.20. The Bertz CT molecular complexity index is 574. The van der Waals surface area contributed by atoms with Gasteiger partial charge in [-0.25, -0.2) is 4.68 Å². The van der Waals surface area contributed by atoms with Crippen LogP contribution in [0.5, 0.6) is 0 Å². The van der Waals surface area contributed by atoms with Crippen molar-refractivity contribution >= 4 is 11.9 Å². The number of ether oxygens (including phenoxy) is 1. The van der Waals surface area contributed by atoms with Crippen LogP contribution in [0.2, 0.25) is 0 Å². The molecule has 0 fully saturated rings. The van der Waals surface area contributed by atoms with Crippen molar-refractivity contribution in [3.63, 3.8) is 0 Å². The fraction of sp³-hybridized carbons (Fsp3) is 0.500. The topological polar surface area (TPSA) is 99.8 Å². The lowest BCUT2D eigenvalue weighted by Gasteiger charge is -2.05. The number of tetrazole rings is 1. The molecule has 0 unspecified atom stereocenters. The summed E-state index contributed by atoms with van der Waals surface area (Å²) in [6, 6.07) is 1.69. The molecule has 0 bridgehead atoms. The van der Waals surface area contributed by atoms with Gasteiger partial charge in [-0.2, -0.15) is 5.10 Å². The second-order valence-electron chi connectivity index (χ2n) is 3.97. The molecule has 0 aliphatic rings. The molecule has 2 aromatic heterocycles. The summed E-state index contributed by atoms with van der Waals surface area (Å²) in [7, 11) is 3.29. The van der Waals surface area contributed by atoms with Gasteiger partial charge in [0.05, 0.1) is 18.8 Å². The largest absolute Gasteiger partial charge is 0.383 e. The first-order valence-electron chi connectivity index (χ1n) is 5.69. The molecule has 9 nitrogen and oxygen atoms in total. The highest BCUT2D eigenvalue weighted by Crippen LogP contribution is 2.06. The van der Waals surface area contributed by atoms with Gasteiger partial charge in [0.1, 0.15) is 5.69 Å². The monoisotopic (exact) mass is 265 g/mol. The summed E-state index contributed by atoms with van der Waals surface area (Å²) in [4.78, 5) is 12.1. The number of nitrogens with one attached hydrogen (secondary N) is 1. The predicted molar refractivity (Wildman–Crippen MR) is 65.6 cm³/mol. The Morgan fingerprint density at radius 2 is 2.32 bits per heavy atom. The minimum atomic E-state index is -0.309. The van der Waals surface area contributed by atoms with Crippen molar-refractivity contribution in [1.29, 1.82) is 0 Å². The number of aromatic nitrogens is 6. The Kier molecular flexibility index (Phi) is 3.85. The zero-order valence-electron chi connectivity index (χ0n) is 11.0. The summed E-state index contributed by atoms with van der Waals surface area (Å²) in [6.07, 6.45) is 0. The maximum absolute atomic E-state index is 12.1. The van der Waals surface area contributed by atoms with Gasteiger partial charge < -0.3 is 4.74 Å². The summed E-state index contributed by atoms with van der Waals surface area (Å²) < 4.78 is 7.91. The first kappa shape index (κ1) is 13.1. The number of hydrogen-bond acceptors (Lipinski definition) is 6. The summed E-state index contributed by atoms with van der Waals surface area (Å²) in [5.41, 5.74) is 1.21. The van der Waals surface area contributed by atoms with Crippen LogP contribution in [0.3, 0.4) is 0 Å². The third-order valence-corrected chi connectivity index (χ3v) is 2.50. The van der Waals surface area contributed by atoms with Crippen molar-refractivity contribution in [2.24, 2.45) is 7.05 Å². The molecular formula is C10H15N7O2. The van der Waals surface area contributed by atoms with Gasteiger partial charge in [0.15, 0.2) is 0 Å². The molecule has 0 saturated carbocycles. The third kappa shape index (κ3) is 2.94. The van der Waals surface area contributed by atoms with E-state index in [9.17, 15) is 4.79 Å². The van der Waals surface area contributed by atoms with Gasteiger partial charge in [-0.1, -0.05) is 5.10 Å². The van der Waals surface area contributed by atoms with Gasteiger partial charge in [-0.05, 0) is 23.4 Å². The number of aryl methyl sites for hydroxylation is 2. The van der Waals surface area contributed by atoms with Crippen LogP contribution >= 0.6 is 0 Å². The van der Waals surface area contributed by atoms with Gasteiger partial charge in [-0.3, -0.25) is 14.8 Å². The smallest absolute Gasteiger partial charge is 0.276 e. The number of nitrogens with zero attached hydrogens (tertiary/aromatic N) is 6. The molecule has 1 N–H and O–H groups in total. The van der Waals surface area contributed by atoms with E-state index in [1.807, 2.05) is 6.92 Å². The number of amides is 1. The van der Waals surface area contributed by atoms with Crippen LogP contribution in [-0.2, 0) is 18.3 Å². The van der Waals surface area contributed by atoms with E-state index in [1.54, 1.807) is 20.2 Å². The molecule has 2 heterocycles.